The number of aromatic nitrogens is 1. The Morgan fingerprint density at radius 2 is 1.76 bits per heavy atom. The molecule has 2 aromatic rings. The number of halogens is 1. The van der Waals surface area contributed by atoms with Crippen LogP contribution in [0.5, 0.6) is 0 Å². The zero-order valence-electron chi connectivity index (χ0n) is 14.1. The van der Waals surface area contributed by atoms with E-state index in [0.29, 0.717) is 12.2 Å². The van der Waals surface area contributed by atoms with E-state index >= 15 is 0 Å². The van der Waals surface area contributed by atoms with Gasteiger partial charge in [-0.1, -0.05) is 15.9 Å². The molecule has 8 heteroatoms. The number of rotatable bonds is 5. The van der Waals surface area contributed by atoms with E-state index < -0.39 is 20.5 Å². The summed E-state index contributed by atoms with van der Waals surface area (Å²) in [5, 5.41) is 2.58. The molecule has 0 aliphatic rings. The quantitative estimate of drug-likeness (QED) is 0.796. The number of aryl methyl sites for hydroxylation is 1. The summed E-state index contributed by atoms with van der Waals surface area (Å²) in [7, 11) is -3.90. The first-order chi connectivity index (χ1) is 11.6. The lowest BCUT2D eigenvalue weighted by atomic mass is 10.2. The van der Waals surface area contributed by atoms with Gasteiger partial charge in [0.05, 0.1) is 10.6 Å². The minimum atomic E-state index is -3.90. The average Bonchev–Trinajstić information content (AvgIpc) is 2.56. The van der Waals surface area contributed by atoms with Gasteiger partial charge in [-0.2, -0.15) is 0 Å². The maximum atomic E-state index is 12.8. The molecule has 1 heterocycles. The van der Waals surface area contributed by atoms with Crippen molar-refractivity contribution in [2.24, 2.45) is 0 Å². The normalized spacial score (nSPS) is 12.0. The van der Waals surface area contributed by atoms with E-state index in [2.05, 4.69) is 21.2 Å². The van der Waals surface area contributed by atoms with Gasteiger partial charge >= 0.3 is 0 Å². The maximum Gasteiger partial charge on any atom is 0.250 e. The molecule has 0 aliphatic heterocycles. The molecule has 25 heavy (non-hydrogen) atoms. The average molecular weight is 427 g/mol. The second kappa shape index (κ2) is 7.13. The highest BCUT2D eigenvalue weighted by atomic mass is 79.9. The summed E-state index contributed by atoms with van der Waals surface area (Å²) >= 11 is 3.25. The number of carbonyl (C=O) groups is 1. The number of carbonyl (C=O) groups excluding carboxylic acids is 1. The highest BCUT2D eigenvalue weighted by Crippen LogP contribution is 2.27. The van der Waals surface area contributed by atoms with Gasteiger partial charge in [-0.25, -0.2) is 8.42 Å². The molecule has 0 saturated heterocycles. The molecule has 134 valence electrons. The van der Waals surface area contributed by atoms with E-state index in [4.69, 9.17) is 0 Å². The van der Waals surface area contributed by atoms with Gasteiger partial charge in [-0.3, -0.25) is 9.59 Å². The SMILES string of the molecule is CCn1cc(NC(=O)C(C)(C)S(=O)(=O)c2ccc(Br)cc2)ccc1=O. The van der Waals surface area contributed by atoms with Crippen molar-refractivity contribution in [2.75, 3.05) is 5.32 Å². The number of nitrogens with one attached hydrogen (secondary N) is 1. The molecule has 1 N–H and O–H groups in total. The number of hydrogen-bond acceptors (Lipinski definition) is 4. The molecule has 0 unspecified atom stereocenters. The first kappa shape index (κ1) is 19.4. The van der Waals surface area contributed by atoms with Gasteiger partial charge in [0.15, 0.2) is 9.84 Å². The standard InChI is InChI=1S/C17H19BrN2O4S/c1-4-20-11-13(7-10-15(20)21)19-16(22)17(2,3)25(23,24)14-8-5-12(18)6-9-14/h5-11H,4H2,1-3H3,(H,19,22). The van der Waals surface area contributed by atoms with Crippen LogP contribution in [0.25, 0.3) is 0 Å². The monoisotopic (exact) mass is 426 g/mol. The molecule has 0 radical (unpaired) electrons. The second-order valence-electron chi connectivity index (χ2n) is 5.96. The Kier molecular flexibility index (Phi) is 5.53. The third kappa shape index (κ3) is 3.85. The predicted octanol–water partition coefficient (Wildman–Crippen LogP) is 2.82. The van der Waals surface area contributed by atoms with Gasteiger partial charge in [-0.05, 0) is 51.1 Å². The Morgan fingerprint density at radius 1 is 1.16 bits per heavy atom. The fourth-order valence-corrected chi connectivity index (χ4v) is 3.81. The molecule has 0 spiro atoms. The fraction of sp³-hybridized carbons (Fsp3) is 0.294. The first-order valence-corrected chi connectivity index (χ1v) is 9.89. The largest absolute Gasteiger partial charge is 0.323 e. The van der Waals surface area contributed by atoms with Crippen LogP contribution < -0.4 is 10.9 Å². The van der Waals surface area contributed by atoms with Crippen LogP contribution in [0.15, 0.2) is 56.8 Å². The van der Waals surface area contributed by atoms with Crippen LogP contribution in [0.1, 0.15) is 20.8 Å². The number of benzene rings is 1. The van der Waals surface area contributed by atoms with Crippen molar-refractivity contribution in [3.63, 3.8) is 0 Å². The van der Waals surface area contributed by atoms with E-state index in [1.165, 1.54) is 48.9 Å². The van der Waals surface area contributed by atoms with Crippen molar-refractivity contribution in [3.8, 4) is 0 Å². The third-order valence-corrected chi connectivity index (χ3v) is 6.88. The van der Waals surface area contributed by atoms with E-state index in [1.54, 1.807) is 19.1 Å². The molecule has 0 bridgehead atoms. The lowest BCUT2D eigenvalue weighted by Crippen LogP contribution is -2.44. The van der Waals surface area contributed by atoms with E-state index in [1.807, 2.05) is 0 Å². The van der Waals surface area contributed by atoms with Crippen molar-refractivity contribution in [1.29, 1.82) is 0 Å². The van der Waals surface area contributed by atoms with Crippen molar-refractivity contribution in [1.82, 2.24) is 4.57 Å². The van der Waals surface area contributed by atoms with Crippen LogP contribution in [0.4, 0.5) is 5.69 Å². The summed E-state index contributed by atoms with van der Waals surface area (Å²) in [6.45, 7) is 4.96. The van der Waals surface area contributed by atoms with Gasteiger partial charge in [0.1, 0.15) is 4.75 Å². The summed E-state index contributed by atoms with van der Waals surface area (Å²) in [6.07, 6.45) is 1.49. The number of pyridine rings is 1. The van der Waals surface area contributed by atoms with Crippen molar-refractivity contribution < 1.29 is 13.2 Å². The Hall–Kier alpha value is -1.93. The number of hydrogen-bond donors (Lipinski definition) is 1. The molecular weight excluding hydrogens is 408 g/mol. The molecule has 1 amide bonds. The van der Waals surface area contributed by atoms with Gasteiger partial charge in [0.25, 0.3) is 5.56 Å². The molecule has 0 aliphatic carbocycles. The second-order valence-corrected chi connectivity index (χ2v) is 9.38. The smallest absolute Gasteiger partial charge is 0.250 e. The Labute approximate surface area is 154 Å². The zero-order valence-corrected chi connectivity index (χ0v) is 16.5. The van der Waals surface area contributed by atoms with Crippen LogP contribution in [0.3, 0.4) is 0 Å². The lowest BCUT2D eigenvalue weighted by Gasteiger charge is -2.24. The van der Waals surface area contributed by atoms with Gasteiger partial charge in [-0.15, -0.1) is 0 Å². The maximum absolute atomic E-state index is 12.8. The molecule has 6 nitrogen and oxygen atoms in total. The highest BCUT2D eigenvalue weighted by molar-refractivity contribution is 9.10. The summed E-state index contributed by atoms with van der Waals surface area (Å²) in [6, 6.07) is 8.90. The number of nitrogens with zero attached hydrogens (tertiary/aromatic N) is 1. The minimum absolute atomic E-state index is 0.0642. The number of anilines is 1. The lowest BCUT2D eigenvalue weighted by molar-refractivity contribution is -0.117. The number of amides is 1. The molecule has 0 atom stereocenters. The van der Waals surface area contributed by atoms with Crippen molar-refractivity contribution in [3.05, 3.63) is 57.4 Å². The Morgan fingerprint density at radius 3 is 2.32 bits per heavy atom. The predicted molar refractivity (Wildman–Crippen MR) is 100 cm³/mol. The van der Waals surface area contributed by atoms with Crippen LogP contribution >= 0.6 is 15.9 Å². The molecule has 2 rings (SSSR count). The van der Waals surface area contributed by atoms with Gasteiger partial charge in [0.2, 0.25) is 5.91 Å². The van der Waals surface area contributed by atoms with E-state index in [-0.39, 0.29) is 10.5 Å². The van der Waals surface area contributed by atoms with Crippen LogP contribution in [0.2, 0.25) is 0 Å². The first-order valence-electron chi connectivity index (χ1n) is 7.61. The third-order valence-electron chi connectivity index (χ3n) is 3.92. The number of sulfone groups is 1. The summed E-state index contributed by atoms with van der Waals surface area (Å²) < 4.78 is 26.2. The van der Waals surface area contributed by atoms with E-state index in [9.17, 15) is 18.0 Å². The van der Waals surface area contributed by atoms with Gasteiger partial charge in [0, 0.05) is 23.3 Å². The molecular formula is C17H19BrN2O4S. The van der Waals surface area contributed by atoms with Crippen molar-refractivity contribution in [2.45, 2.75) is 37.0 Å². The molecule has 1 aromatic carbocycles. The highest BCUT2D eigenvalue weighted by Gasteiger charge is 2.42. The van der Waals surface area contributed by atoms with Crippen LogP contribution in [-0.2, 0) is 21.2 Å². The summed E-state index contributed by atoms with van der Waals surface area (Å²) in [4.78, 5) is 24.3. The molecule has 1 aromatic heterocycles. The van der Waals surface area contributed by atoms with Crippen LogP contribution in [0, 0.1) is 0 Å². The Bertz CT molecular complexity index is 947. The van der Waals surface area contributed by atoms with E-state index in [0.717, 1.165) is 4.47 Å². The van der Waals surface area contributed by atoms with Gasteiger partial charge < -0.3 is 9.88 Å². The molecule has 0 fully saturated rings. The summed E-state index contributed by atoms with van der Waals surface area (Å²) in [5.74, 6) is -0.670. The minimum Gasteiger partial charge on any atom is -0.323 e. The van der Waals surface area contributed by atoms with Crippen LogP contribution in [-0.4, -0.2) is 23.6 Å². The molecule has 0 saturated carbocycles. The van der Waals surface area contributed by atoms with Crippen molar-refractivity contribution >= 4 is 37.4 Å². The Balaban J connectivity index is 2.33. The summed E-state index contributed by atoms with van der Waals surface area (Å²) in [5.41, 5.74) is 0.174. The topological polar surface area (TPSA) is 85.2 Å². The fourth-order valence-electron chi connectivity index (χ4n) is 2.16. The zero-order chi connectivity index (χ0) is 18.8.